The molecule has 43 heavy (non-hydrogen) atoms. The number of hydrogen-bond acceptors (Lipinski definition) is 7. The van der Waals surface area contributed by atoms with Crippen LogP contribution in [0.2, 0.25) is 0 Å². The molecule has 3 aromatic rings. The van der Waals surface area contributed by atoms with Crippen LogP contribution in [0, 0.1) is 5.82 Å². The van der Waals surface area contributed by atoms with Gasteiger partial charge in [-0.15, -0.1) is 0 Å². The highest BCUT2D eigenvalue weighted by atomic mass is 19.1. The maximum atomic E-state index is 15.2. The minimum atomic E-state index is -0.547. The van der Waals surface area contributed by atoms with Gasteiger partial charge in [0.25, 0.3) is 5.91 Å². The second-order valence-electron chi connectivity index (χ2n) is 12.3. The van der Waals surface area contributed by atoms with Crippen LogP contribution in [0.4, 0.5) is 15.0 Å². The monoisotopic (exact) mass is 588 g/mol. The first-order chi connectivity index (χ1) is 20.6. The van der Waals surface area contributed by atoms with Gasteiger partial charge >= 0.3 is 6.09 Å². The van der Waals surface area contributed by atoms with Crippen molar-refractivity contribution < 1.29 is 18.7 Å². The Labute approximate surface area is 252 Å². The molecule has 228 valence electrons. The molecule has 0 spiro atoms. The molecule has 10 heteroatoms. The molecule has 2 fully saturated rings. The summed E-state index contributed by atoms with van der Waals surface area (Å²) in [6, 6.07) is 14.4. The average Bonchev–Trinajstić information content (AvgIpc) is 2.98. The third-order valence-corrected chi connectivity index (χ3v) is 7.86. The van der Waals surface area contributed by atoms with Crippen molar-refractivity contribution in [1.82, 2.24) is 25.5 Å². The first kappa shape index (κ1) is 30.4. The fraction of sp³-hybridized carbons (Fsp3) is 0.455. The van der Waals surface area contributed by atoms with Crippen LogP contribution in [0.25, 0.3) is 11.3 Å². The largest absolute Gasteiger partial charge is 0.444 e. The van der Waals surface area contributed by atoms with Gasteiger partial charge in [-0.05, 0) is 82.3 Å². The van der Waals surface area contributed by atoms with Gasteiger partial charge in [-0.3, -0.25) is 14.7 Å². The van der Waals surface area contributed by atoms with Crippen LogP contribution in [-0.2, 0) is 11.3 Å². The fourth-order valence-corrected chi connectivity index (χ4v) is 5.61. The molecule has 2 aliphatic heterocycles. The number of amides is 2. The number of benzene rings is 1. The molecule has 9 nitrogen and oxygen atoms in total. The molecular formula is C33H41FN6O3. The van der Waals surface area contributed by atoms with E-state index in [1.54, 1.807) is 36.5 Å². The third kappa shape index (κ3) is 8.28. The summed E-state index contributed by atoms with van der Waals surface area (Å²) in [5.41, 5.74) is 1.50. The Morgan fingerprint density at radius 1 is 0.907 bits per heavy atom. The number of carbonyl (C=O) groups is 2. The van der Waals surface area contributed by atoms with Gasteiger partial charge in [-0.25, -0.2) is 14.2 Å². The predicted molar refractivity (Wildman–Crippen MR) is 164 cm³/mol. The number of anilines is 1. The van der Waals surface area contributed by atoms with Crippen LogP contribution in [0.15, 0.2) is 60.9 Å². The number of nitrogens with zero attached hydrogens (tertiary/aromatic N) is 4. The highest BCUT2D eigenvalue weighted by Gasteiger charge is 2.26. The molecule has 5 rings (SSSR count). The molecule has 2 aromatic heterocycles. The zero-order valence-corrected chi connectivity index (χ0v) is 25.2. The summed E-state index contributed by atoms with van der Waals surface area (Å²) >= 11 is 0. The van der Waals surface area contributed by atoms with Crippen molar-refractivity contribution in [2.45, 2.75) is 70.7 Å². The van der Waals surface area contributed by atoms with E-state index in [-0.39, 0.29) is 23.7 Å². The van der Waals surface area contributed by atoms with Gasteiger partial charge in [0.15, 0.2) is 0 Å². The molecule has 0 unspecified atom stereocenters. The van der Waals surface area contributed by atoms with E-state index < -0.39 is 17.3 Å². The molecular weight excluding hydrogens is 547 g/mol. The molecule has 2 N–H and O–H groups in total. The van der Waals surface area contributed by atoms with Gasteiger partial charge < -0.3 is 20.3 Å². The molecule has 0 radical (unpaired) electrons. The molecule has 4 heterocycles. The smallest absolute Gasteiger partial charge is 0.407 e. The van der Waals surface area contributed by atoms with E-state index >= 15 is 4.39 Å². The lowest BCUT2D eigenvalue weighted by Gasteiger charge is -2.34. The van der Waals surface area contributed by atoms with Crippen molar-refractivity contribution in [1.29, 1.82) is 0 Å². The first-order valence-electron chi connectivity index (χ1n) is 15.1. The molecule has 2 amide bonds. The number of piperidine rings is 2. The summed E-state index contributed by atoms with van der Waals surface area (Å²) in [7, 11) is 0. The van der Waals surface area contributed by atoms with Crippen LogP contribution < -0.4 is 15.5 Å². The van der Waals surface area contributed by atoms with E-state index in [0.717, 1.165) is 69.8 Å². The molecule has 2 saturated heterocycles. The Morgan fingerprint density at radius 2 is 1.63 bits per heavy atom. The molecule has 0 aliphatic carbocycles. The average molecular weight is 589 g/mol. The topological polar surface area (TPSA) is 99.7 Å². The molecule has 0 saturated carbocycles. The third-order valence-electron chi connectivity index (χ3n) is 7.86. The fourth-order valence-electron chi connectivity index (χ4n) is 5.61. The number of aromatic nitrogens is 2. The molecule has 0 atom stereocenters. The van der Waals surface area contributed by atoms with E-state index in [4.69, 9.17) is 9.72 Å². The van der Waals surface area contributed by atoms with Gasteiger partial charge in [0.2, 0.25) is 0 Å². The number of halogens is 1. The maximum Gasteiger partial charge on any atom is 0.407 e. The number of nitrogens with one attached hydrogen (secondary N) is 2. The van der Waals surface area contributed by atoms with Crippen LogP contribution >= 0.6 is 0 Å². The summed E-state index contributed by atoms with van der Waals surface area (Å²) in [5.74, 6) is 0.00679. The number of rotatable bonds is 7. The van der Waals surface area contributed by atoms with Crippen LogP contribution in [0.1, 0.15) is 62.4 Å². The van der Waals surface area contributed by atoms with E-state index in [9.17, 15) is 9.59 Å². The van der Waals surface area contributed by atoms with Crippen LogP contribution in [0.5, 0.6) is 0 Å². The van der Waals surface area contributed by atoms with Gasteiger partial charge in [-0.1, -0.05) is 18.2 Å². The summed E-state index contributed by atoms with van der Waals surface area (Å²) in [4.78, 5) is 38.6. The van der Waals surface area contributed by atoms with Gasteiger partial charge in [0.1, 0.15) is 17.2 Å². The van der Waals surface area contributed by atoms with E-state index in [2.05, 4.69) is 37.6 Å². The Hall–Kier alpha value is -4.05. The van der Waals surface area contributed by atoms with E-state index in [1.807, 2.05) is 27.0 Å². The Balaban J connectivity index is 1.06. The minimum absolute atomic E-state index is 0.00473. The van der Waals surface area contributed by atoms with Crippen LogP contribution in [-0.4, -0.2) is 70.7 Å². The number of likely N-dealkylation sites (tertiary alicyclic amines) is 1. The number of alkyl carbamates (subject to hydrolysis) is 1. The van der Waals surface area contributed by atoms with Gasteiger partial charge in [0.05, 0.1) is 11.3 Å². The lowest BCUT2D eigenvalue weighted by molar-refractivity contribution is 0.0497. The first-order valence-corrected chi connectivity index (χ1v) is 15.1. The lowest BCUT2D eigenvalue weighted by Crippen LogP contribution is -2.46. The normalized spacial score (nSPS) is 17.0. The summed E-state index contributed by atoms with van der Waals surface area (Å²) in [6.07, 6.45) is 6.47. The molecule has 2 aliphatic rings. The highest BCUT2D eigenvalue weighted by Crippen LogP contribution is 2.24. The number of pyridine rings is 2. The van der Waals surface area contributed by atoms with E-state index in [0.29, 0.717) is 11.3 Å². The molecule has 1 aromatic carbocycles. The van der Waals surface area contributed by atoms with Gasteiger partial charge in [-0.2, -0.15) is 0 Å². The quantitative estimate of drug-likeness (QED) is 0.393. The van der Waals surface area contributed by atoms with E-state index in [1.165, 1.54) is 6.07 Å². The number of hydrogen-bond donors (Lipinski definition) is 2. The highest BCUT2D eigenvalue weighted by molar-refractivity contribution is 5.96. The Bertz CT molecular complexity index is 1380. The zero-order chi connectivity index (χ0) is 30.4. The van der Waals surface area contributed by atoms with Crippen molar-refractivity contribution in [3.63, 3.8) is 0 Å². The van der Waals surface area contributed by atoms with Gasteiger partial charge in [0, 0.05) is 62.8 Å². The summed E-state index contributed by atoms with van der Waals surface area (Å²) in [5, 5.41) is 6.01. The predicted octanol–water partition coefficient (Wildman–Crippen LogP) is 5.17. The second kappa shape index (κ2) is 13.5. The maximum absolute atomic E-state index is 15.2. The van der Waals surface area contributed by atoms with Crippen molar-refractivity contribution in [3.8, 4) is 11.3 Å². The standard InChI is InChI=1S/C33H41FN6O3/c1-33(2,3)43-32(42)38-25-14-19-40(20-15-25)29-11-10-23(21-36-29)22-39-17-12-24(13-18-39)37-31(41)27-8-6-7-26(30(27)34)28-9-4-5-16-35-28/h4-11,16,21,24-25H,12-15,17-20,22H2,1-3H3,(H,37,41)(H,38,42). The van der Waals surface area contributed by atoms with Crippen molar-refractivity contribution in [2.75, 3.05) is 31.1 Å². The number of ether oxygens (including phenoxy) is 1. The molecule has 0 bridgehead atoms. The summed E-state index contributed by atoms with van der Waals surface area (Å²) < 4.78 is 20.6. The van der Waals surface area contributed by atoms with Crippen LogP contribution in [0.3, 0.4) is 0 Å². The second-order valence-corrected chi connectivity index (χ2v) is 12.3. The van der Waals surface area contributed by atoms with Crippen molar-refractivity contribution in [3.05, 3.63) is 77.9 Å². The minimum Gasteiger partial charge on any atom is -0.444 e. The SMILES string of the molecule is CC(C)(C)OC(=O)NC1CCN(c2ccc(CN3CCC(NC(=O)c4cccc(-c5ccccn5)c4F)CC3)cn2)CC1. The summed E-state index contributed by atoms with van der Waals surface area (Å²) in [6.45, 7) is 9.69. The Morgan fingerprint density at radius 3 is 2.28 bits per heavy atom. The number of carbonyl (C=O) groups excluding carboxylic acids is 2. The zero-order valence-electron chi connectivity index (χ0n) is 25.2. The Kier molecular flexibility index (Phi) is 9.55. The van der Waals surface area contributed by atoms with Crippen molar-refractivity contribution >= 4 is 17.8 Å². The van der Waals surface area contributed by atoms with Crippen molar-refractivity contribution in [2.24, 2.45) is 0 Å². The lowest BCUT2D eigenvalue weighted by atomic mass is 10.0.